The topological polar surface area (TPSA) is 58.9 Å². The van der Waals surface area contributed by atoms with E-state index < -0.39 is 0 Å². The van der Waals surface area contributed by atoms with E-state index in [1.54, 1.807) is 0 Å². The first kappa shape index (κ1) is 17.0. The largest absolute Gasteiger partial charge is 0.393 e. The van der Waals surface area contributed by atoms with E-state index in [4.69, 9.17) is 9.47 Å². The molecule has 1 heterocycles. The maximum atomic E-state index is 11.0. The van der Waals surface area contributed by atoms with Gasteiger partial charge < -0.3 is 19.7 Å². The molecule has 0 aromatic rings. The highest BCUT2D eigenvalue weighted by atomic mass is 16.7. The molecular weight excluding hydrogens is 316 g/mol. The van der Waals surface area contributed by atoms with Gasteiger partial charge in [0.05, 0.1) is 25.4 Å². The normalized spacial score (nSPS) is 57.1. The van der Waals surface area contributed by atoms with Gasteiger partial charge in [0.15, 0.2) is 5.79 Å². The molecule has 1 saturated heterocycles. The fraction of sp³-hybridized carbons (Fsp3) is 1.00. The average Bonchev–Trinajstić information content (AvgIpc) is 3.17. The Hall–Kier alpha value is -0.160. The summed E-state index contributed by atoms with van der Waals surface area (Å²) in [7, 11) is 0. The van der Waals surface area contributed by atoms with Crippen LogP contribution in [-0.2, 0) is 9.47 Å². The van der Waals surface area contributed by atoms with E-state index >= 15 is 0 Å². The molecule has 4 heteroatoms. The Labute approximate surface area is 151 Å². The third-order valence-electron chi connectivity index (χ3n) is 9.45. The minimum atomic E-state index is -0.353. The lowest BCUT2D eigenvalue weighted by molar-refractivity contribution is -0.253. The third kappa shape index (κ3) is 2.09. The molecule has 0 aromatic carbocycles. The summed E-state index contributed by atoms with van der Waals surface area (Å²) < 4.78 is 12.4. The second-order valence-electron chi connectivity index (χ2n) is 10.2. The first-order valence-electron chi connectivity index (χ1n) is 10.5. The standard InChI is InChI=1S/C21H34O4/c1-19-6-3-13(22)11-17(19)18(23)12-14-15(19)4-7-20(2)16(14)5-8-21(20)24-9-10-25-21/h13-18,22-23H,3-12H2,1-2H3/t13-,14+,15-,16-,17+,18-,19+,20-/m0/s1. The van der Waals surface area contributed by atoms with E-state index in [0.717, 1.165) is 45.3 Å². The van der Waals surface area contributed by atoms with Crippen LogP contribution < -0.4 is 0 Å². The Balaban J connectivity index is 1.48. The van der Waals surface area contributed by atoms with E-state index in [9.17, 15) is 10.2 Å². The second-order valence-corrected chi connectivity index (χ2v) is 10.2. The lowest BCUT2D eigenvalue weighted by Gasteiger charge is -2.62. The van der Waals surface area contributed by atoms with E-state index in [-0.39, 0.29) is 34.7 Å². The van der Waals surface area contributed by atoms with Crippen LogP contribution >= 0.6 is 0 Å². The van der Waals surface area contributed by atoms with Crippen molar-refractivity contribution in [2.75, 3.05) is 13.2 Å². The van der Waals surface area contributed by atoms with Crippen LogP contribution in [-0.4, -0.2) is 41.4 Å². The maximum Gasteiger partial charge on any atom is 0.174 e. The van der Waals surface area contributed by atoms with Crippen LogP contribution in [0.1, 0.15) is 65.2 Å². The summed E-state index contributed by atoms with van der Waals surface area (Å²) in [5.74, 6) is 1.79. The van der Waals surface area contributed by atoms with Crippen molar-refractivity contribution in [2.24, 2.45) is 34.5 Å². The molecule has 0 aromatic heterocycles. The lowest BCUT2D eigenvalue weighted by atomic mass is 9.44. The van der Waals surface area contributed by atoms with Crippen molar-refractivity contribution in [3.05, 3.63) is 0 Å². The van der Waals surface area contributed by atoms with Crippen LogP contribution in [0, 0.1) is 34.5 Å². The summed E-state index contributed by atoms with van der Waals surface area (Å²) >= 11 is 0. The Morgan fingerprint density at radius 3 is 2.28 bits per heavy atom. The third-order valence-corrected chi connectivity index (χ3v) is 9.45. The van der Waals surface area contributed by atoms with Crippen LogP contribution in [0.3, 0.4) is 0 Å². The summed E-state index contributed by atoms with van der Waals surface area (Å²) in [4.78, 5) is 0. The van der Waals surface area contributed by atoms with E-state index in [1.807, 2.05) is 0 Å². The van der Waals surface area contributed by atoms with E-state index in [2.05, 4.69) is 13.8 Å². The number of aliphatic hydroxyl groups excluding tert-OH is 2. The maximum absolute atomic E-state index is 11.0. The molecule has 5 rings (SSSR count). The Morgan fingerprint density at radius 1 is 0.800 bits per heavy atom. The molecular formula is C21H34O4. The Kier molecular flexibility index (Phi) is 3.69. The zero-order chi connectivity index (χ0) is 17.4. The van der Waals surface area contributed by atoms with Crippen LogP contribution in [0.15, 0.2) is 0 Å². The molecule has 4 saturated carbocycles. The fourth-order valence-electron chi connectivity index (χ4n) is 8.16. The highest BCUT2D eigenvalue weighted by Gasteiger charge is 2.68. The van der Waals surface area contributed by atoms with Gasteiger partial charge in [-0.15, -0.1) is 0 Å². The molecule has 4 nitrogen and oxygen atoms in total. The van der Waals surface area contributed by atoms with Crippen LogP contribution in [0.2, 0.25) is 0 Å². The van der Waals surface area contributed by atoms with Crippen molar-refractivity contribution >= 4 is 0 Å². The monoisotopic (exact) mass is 350 g/mol. The number of ether oxygens (including phenoxy) is 2. The Bertz CT molecular complexity index is 544. The molecule has 4 aliphatic carbocycles. The average molecular weight is 350 g/mol. The smallest absolute Gasteiger partial charge is 0.174 e. The molecule has 0 radical (unpaired) electrons. The van der Waals surface area contributed by atoms with Crippen LogP contribution in [0.5, 0.6) is 0 Å². The van der Waals surface area contributed by atoms with Gasteiger partial charge in [0.1, 0.15) is 0 Å². The number of rotatable bonds is 0. The van der Waals surface area contributed by atoms with Gasteiger partial charge in [0.2, 0.25) is 0 Å². The van der Waals surface area contributed by atoms with Crippen molar-refractivity contribution in [1.29, 1.82) is 0 Å². The molecule has 2 N–H and O–H groups in total. The van der Waals surface area contributed by atoms with Crippen molar-refractivity contribution in [1.82, 2.24) is 0 Å². The highest BCUT2D eigenvalue weighted by molar-refractivity contribution is 5.14. The van der Waals surface area contributed by atoms with Gasteiger partial charge >= 0.3 is 0 Å². The summed E-state index contributed by atoms with van der Waals surface area (Å²) in [5.41, 5.74) is 0.289. The van der Waals surface area contributed by atoms with Gasteiger partial charge in [-0.3, -0.25) is 0 Å². The molecule has 25 heavy (non-hydrogen) atoms. The fourth-order valence-corrected chi connectivity index (χ4v) is 8.16. The zero-order valence-electron chi connectivity index (χ0n) is 15.7. The van der Waals surface area contributed by atoms with Gasteiger partial charge in [0, 0.05) is 11.8 Å². The summed E-state index contributed by atoms with van der Waals surface area (Å²) in [6.45, 7) is 6.28. The minimum Gasteiger partial charge on any atom is -0.393 e. The summed E-state index contributed by atoms with van der Waals surface area (Å²) in [6, 6.07) is 0. The number of hydrogen-bond donors (Lipinski definition) is 2. The van der Waals surface area contributed by atoms with Crippen LogP contribution in [0.4, 0.5) is 0 Å². The second kappa shape index (κ2) is 5.43. The van der Waals surface area contributed by atoms with Gasteiger partial charge in [-0.25, -0.2) is 0 Å². The van der Waals surface area contributed by atoms with E-state index in [1.165, 1.54) is 19.3 Å². The minimum absolute atomic E-state index is 0.0990. The molecule has 5 fully saturated rings. The van der Waals surface area contributed by atoms with E-state index in [0.29, 0.717) is 17.8 Å². The van der Waals surface area contributed by atoms with Crippen molar-refractivity contribution in [3.8, 4) is 0 Å². The molecule has 5 aliphatic rings. The number of aliphatic hydroxyl groups is 2. The molecule has 8 atom stereocenters. The predicted octanol–water partition coefficient (Wildman–Crippen LogP) is 3.10. The van der Waals surface area contributed by atoms with Crippen molar-refractivity contribution < 1.29 is 19.7 Å². The summed E-state index contributed by atoms with van der Waals surface area (Å²) in [6.07, 6.45) is 7.80. The zero-order valence-corrected chi connectivity index (χ0v) is 15.7. The van der Waals surface area contributed by atoms with Gasteiger partial charge in [-0.2, -0.15) is 0 Å². The van der Waals surface area contributed by atoms with Gasteiger partial charge in [0.25, 0.3) is 0 Å². The molecule has 0 bridgehead atoms. The molecule has 0 unspecified atom stereocenters. The number of fused-ring (bicyclic) bond motifs is 6. The molecule has 1 spiro atoms. The Morgan fingerprint density at radius 2 is 1.52 bits per heavy atom. The van der Waals surface area contributed by atoms with Crippen LogP contribution in [0.25, 0.3) is 0 Å². The highest BCUT2D eigenvalue weighted by Crippen LogP contribution is 2.69. The first-order valence-corrected chi connectivity index (χ1v) is 10.5. The van der Waals surface area contributed by atoms with Gasteiger partial charge in [-0.1, -0.05) is 13.8 Å². The molecule has 142 valence electrons. The van der Waals surface area contributed by atoms with Crippen molar-refractivity contribution in [3.63, 3.8) is 0 Å². The first-order chi connectivity index (χ1) is 11.9. The number of hydrogen-bond acceptors (Lipinski definition) is 4. The molecule has 1 aliphatic heterocycles. The van der Waals surface area contributed by atoms with Gasteiger partial charge in [-0.05, 0) is 74.0 Å². The quantitative estimate of drug-likeness (QED) is 0.705. The summed E-state index contributed by atoms with van der Waals surface area (Å²) in [5, 5.41) is 21.2. The predicted molar refractivity (Wildman–Crippen MR) is 93.8 cm³/mol. The van der Waals surface area contributed by atoms with Crippen molar-refractivity contribution in [2.45, 2.75) is 83.2 Å². The lowest BCUT2D eigenvalue weighted by Crippen LogP contribution is -2.60. The molecule has 0 amide bonds. The SMILES string of the molecule is C[C@]12CC[C@H](O)C[C@@H]1[C@@H](O)C[C@@H]1[C@@H]2CC[C@@]2(C)[C@H]1CCC21OCCO1.